The van der Waals surface area contributed by atoms with Crippen molar-refractivity contribution in [1.82, 2.24) is 14.5 Å². The van der Waals surface area contributed by atoms with Gasteiger partial charge in [-0.05, 0) is 130 Å². The molecule has 284 valence electrons. The highest BCUT2D eigenvalue weighted by molar-refractivity contribution is 7.99. The second-order valence-corrected chi connectivity index (χ2v) is 19.5. The smallest absolute Gasteiger partial charge is 0.262 e. The average molecular weight is 753 g/mol. The predicted octanol–water partition coefficient (Wildman–Crippen LogP) is 5.69. The van der Waals surface area contributed by atoms with Gasteiger partial charge in [0.25, 0.3) is 5.91 Å². The fraction of sp³-hybridized carbons (Fsp3) is 0.634. The number of hydrogen-bond acceptors (Lipinski definition) is 7. The van der Waals surface area contributed by atoms with Crippen LogP contribution in [0.1, 0.15) is 93.6 Å². The molecule has 1 spiro atoms. The summed E-state index contributed by atoms with van der Waals surface area (Å²) in [5.41, 5.74) is 2.45. The molecule has 2 N–H and O–H groups in total. The highest BCUT2D eigenvalue weighted by Crippen LogP contribution is 2.49. The summed E-state index contributed by atoms with van der Waals surface area (Å²) < 4.78 is 23.5. The van der Waals surface area contributed by atoms with Gasteiger partial charge in [0.05, 0.1) is 34.1 Å². The molecule has 5 aliphatic rings. The SMILES string of the molecule is C=S1(=O)NC(=O)c2ccc3c(c2)N(C[C@@H]2CC[C@H]2[C@](O)(CN2CCN(CCC)CC2=O)CCC[C@H](C)[C@H]1C)C[C@@]1(CCCc2cc(Cl)ccc21)CO3. The molecule has 2 amide bonds. The predicted molar refractivity (Wildman–Crippen MR) is 210 cm³/mol. The summed E-state index contributed by atoms with van der Waals surface area (Å²) in [7, 11) is -2.99. The standard InChI is InChI=1S/C41H57ClN4O5S/c1-5-18-44-19-20-45(38(47)24-44)26-41(49)17-6-8-28(2)29(3)52(4,50)43-39(48)31-11-15-37-36(22-31)46(23-32-10-13-35(32)41)25-40(27-51-37)16-7-9-30-21-33(42)12-14-34(30)40/h11-12,14-15,21-22,28-29,32,35,49H,4-10,13,16-20,23-27H2,1-3H3,(H,43,48,50)/t28-,29+,32-,35+,40-,41+,52?/m0/s1. The van der Waals surface area contributed by atoms with Gasteiger partial charge in [-0.3, -0.25) is 19.2 Å². The molecule has 2 aromatic carbocycles. The molecule has 2 aliphatic carbocycles. The summed E-state index contributed by atoms with van der Waals surface area (Å²) in [5.74, 6) is 4.65. The van der Waals surface area contributed by atoms with E-state index in [-0.39, 0.29) is 34.3 Å². The van der Waals surface area contributed by atoms with Crippen LogP contribution in [0, 0.1) is 17.8 Å². The minimum Gasteiger partial charge on any atom is -0.490 e. The van der Waals surface area contributed by atoms with Gasteiger partial charge in [0, 0.05) is 54.0 Å². The van der Waals surface area contributed by atoms with Gasteiger partial charge in [-0.2, -0.15) is 0 Å². The first-order chi connectivity index (χ1) is 24.8. The second kappa shape index (κ2) is 14.8. The summed E-state index contributed by atoms with van der Waals surface area (Å²) in [6, 6.07) is 11.8. The molecular weight excluding hydrogens is 696 g/mol. The van der Waals surface area contributed by atoms with Crippen LogP contribution >= 0.6 is 11.6 Å². The van der Waals surface area contributed by atoms with Crippen LogP contribution in [0.3, 0.4) is 0 Å². The Hall–Kier alpha value is -2.79. The number of aliphatic hydroxyl groups is 1. The van der Waals surface area contributed by atoms with Crippen molar-refractivity contribution < 1.29 is 23.6 Å². The Morgan fingerprint density at radius 1 is 1.08 bits per heavy atom. The maximum atomic E-state index is 14.0. The zero-order chi connectivity index (χ0) is 36.8. The lowest BCUT2D eigenvalue weighted by atomic mass is 9.62. The molecule has 52 heavy (non-hydrogen) atoms. The Labute approximate surface area is 315 Å². The lowest BCUT2D eigenvalue weighted by Gasteiger charge is -2.52. The van der Waals surface area contributed by atoms with Gasteiger partial charge in [-0.25, -0.2) is 4.21 Å². The van der Waals surface area contributed by atoms with E-state index in [4.69, 9.17) is 16.3 Å². The van der Waals surface area contributed by atoms with E-state index < -0.39 is 21.2 Å². The van der Waals surface area contributed by atoms with E-state index in [9.17, 15) is 18.9 Å². The van der Waals surface area contributed by atoms with Crippen LogP contribution in [0.25, 0.3) is 0 Å². The maximum Gasteiger partial charge on any atom is 0.262 e. The van der Waals surface area contributed by atoms with Crippen LogP contribution in [0.5, 0.6) is 5.75 Å². The number of nitrogens with one attached hydrogen (secondary N) is 1. The molecule has 9 nitrogen and oxygen atoms in total. The van der Waals surface area contributed by atoms with Gasteiger partial charge in [0.1, 0.15) is 5.75 Å². The van der Waals surface area contributed by atoms with Crippen molar-refractivity contribution in [2.24, 2.45) is 17.8 Å². The third-order valence-electron chi connectivity index (χ3n) is 13.2. The molecule has 0 radical (unpaired) electrons. The minimum absolute atomic E-state index is 0.000701. The molecule has 2 fully saturated rings. The number of anilines is 1. The van der Waals surface area contributed by atoms with Gasteiger partial charge in [0.15, 0.2) is 0 Å². The zero-order valence-electron chi connectivity index (χ0n) is 31.2. The van der Waals surface area contributed by atoms with Crippen molar-refractivity contribution in [1.29, 1.82) is 0 Å². The Bertz CT molecular complexity index is 1790. The van der Waals surface area contributed by atoms with Crippen LogP contribution in [-0.2, 0) is 26.3 Å². The van der Waals surface area contributed by atoms with Gasteiger partial charge >= 0.3 is 0 Å². The van der Waals surface area contributed by atoms with E-state index in [1.165, 1.54) is 11.1 Å². The first kappa shape index (κ1) is 37.5. The monoisotopic (exact) mass is 752 g/mol. The van der Waals surface area contributed by atoms with Crippen LogP contribution in [0.4, 0.5) is 5.69 Å². The number of aryl methyl sites for hydroxylation is 1. The molecule has 2 aromatic rings. The Balaban J connectivity index is 1.26. The van der Waals surface area contributed by atoms with Crippen LogP contribution in [0.15, 0.2) is 36.4 Å². The van der Waals surface area contributed by atoms with Crippen molar-refractivity contribution in [3.05, 3.63) is 58.1 Å². The molecular formula is C41H57ClN4O5S. The summed E-state index contributed by atoms with van der Waals surface area (Å²) in [6.07, 6.45) is 7.85. The van der Waals surface area contributed by atoms with Crippen LogP contribution in [0.2, 0.25) is 5.02 Å². The van der Waals surface area contributed by atoms with E-state index in [0.717, 1.165) is 80.9 Å². The summed E-state index contributed by atoms with van der Waals surface area (Å²) >= 11 is 6.49. The molecule has 7 rings (SSSR count). The van der Waals surface area contributed by atoms with Crippen molar-refractivity contribution >= 4 is 44.7 Å². The van der Waals surface area contributed by atoms with Gasteiger partial charge in [0.2, 0.25) is 5.91 Å². The third kappa shape index (κ3) is 7.34. The third-order valence-corrected chi connectivity index (χ3v) is 15.6. The van der Waals surface area contributed by atoms with Gasteiger partial charge < -0.3 is 19.6 Å². The van der Waals surface area contributed by atoms with Gasteiger partial charge in [-0.15, -0.1) is 0 Å². The summed E-state index contributed by atoms with van der Waals surface area (Å²) in [6.45, 7) is 11.1. The average Bonchev–Trinajstić information content (AvgIpc) is 3.23. The molecule has 3 heterocycles. The molecule has 3 aliphatic heterocycles. The van der Waals surface area contributed by atoms with Crippen molar-refractivity contribution in [3.63, 3.8) is 0 Å². The van der Waals surface area contributed by atoms with E-state index in [1.807, 2.05) is 30.0 Å². The number of piperazine rings is 1. The van der Waals surface area contributed by atoms with E-state index in [2.05, 4.69) is 46.4 Å². The molecule has 0 aromatic heterocycles. The molecule has 1 saturated carbocycles. The number of nitrogens with zero attached hydrogens (tertiary/aromatic N) is 3. The van der Waals surface area contributed by atoms with E-state index in [0.29, 0.717) is 51.3 Å². The fourth-order valence-corrected chi connectivity index (χ4v) is 11.5. The highest BCUT2D eigenvalue weighted by atomic mass is 35.5. The van der Waals surface area contributed by atoms with E-state index >= 15 is 0 Å². The largest absolute Gasteiger partial charge is 0.490 e. The zero-order valence-corrected chi connectivity index (χ0v) is 32.8. The number of β-amino-alcohol motifs (C(OH)–C–C–N with tert-alkyl or cyclic N) is 1. The van der Waals surface area contributed by atoms with E-state index in [1.54, 1.807) is 6.07 Å². The van der Waals surface area contributed by atoms with Crippen molar-refractivity contribution in [2.45, 2.75) is 94.8 Å². The number of carbonyl (C=O) groups is 2. The number of rotatable bonds is 4. The summed E-state index contributed by atoms with van der Waals surface area (Å²) in [4.78, 5) is 33.7. The topological polar surface area (TPSA) is 102 Å². The van der Waals surface area contributed by atoms with Crippen LogP contribution < -0.4 is 14.4 Å². The normalized spacial score (nSPS) is 34.4. The number of ether oxygens (including phenoxy) is 1. The highest BCUT2D eigenvalue weighted by Gasteiger charge is 2.50. The van der Waals surface area contributed by atoms with Gasteiger partial charge in [-0.1, -0.05) is 37.9 Å². The Morgan fingerprint density at radius 3 is 2.65 bits per heavy atom. The first-order valence-electron chi connectivity index (χ1n) is 19.5. The molecule has 1 unspecified atom stereocenters. The Kier molecular flexibility index (Phi) is 10.7. The van der Waals surface area contributed by atoms with Crippen LogP contribution in [-0.4, -0.2) is 100 Å². The summed E-state index contributed by atoms with van der Waals surface area (Å²) in [5, 5.41) is 13.2. The molecule has 7 atom stereocenters. The fourth-order valence-electron chi connectivity index (χ4n) is 9.83. The lowest BCUT2D eigenvalue weighted by molar-refractivity contribution is -0.148. The lowest BCUT2D eigenvalue weighted by Crippen LogP contribution is -2.60. The number of amides is 2. The molecule has 2 bridgehead atoms. The number of fused-ring (bicyclic) bond motifs is 4. The number of benzene rings is 2. The van der Waals surface area contributed by atoms with Crippen molar-refractivity contribution in [3.8, 4) is 5.75 Å². The molecule has 1 saturated heterocycles. The number of hydrogen-bond donors (Lipinski definition) is 2. The second-order valence-electron chi connectivity index (χ2n) is 16.7. The molecule has 11 heteroatoms. The number of carbonyl (C=O) groups excluding carboxylic acids is 2. The minimum atomic E-state index is -2.99. The quantitative estimate of drug-likeness (QED) is 0.387. The Morgan fingerprint density at radius 2 is 1.90 bits per heavy atom. The maximum absolute atomic E-state index is 14.0. The van der Waals surface area contributed by atoms with Crippen molar-refractivity contribution in [2.75, 3.05) is 57.3 Å². The number of halogens is 1. The first-order valence-corrected chi connectivity index (χ1v) is 21.7.